The molecule has 2 aromatic rings. The Morgan fingerprint density at radius 2 is 2.30 bits per heavy atom. The molecule has 1 atom stereocenters. The Kier molecular flexibility index (Phi) is 4.40. The number of benzene rings is 1. The van der Waals surface area contributed by atoms with Crippen LogP contribution in [0, 0.1) is 5.82 Å². The third-order valence-electron chi connectivity index (χ3n) is 3.25. The second-order valence-electron chi connectivity index (χ2n) is 4.60. The van der Waals surface area contributed by atoms with Crippen molar-refractivity contribution in [3.8, 4) is 0 Å². The number of aliphatic imine (C=N–C) groups is 1. The van der Waals surface area contributed by atoms with Crippen LogP contribution < -0.4 is 5.32 Å². The average Bonchev–Trinajstić information content (AvgIpc) is 3.11. The van der Waals surface area contributed by atoms with Crippen molar-refractivity contribution >= 4 is 34.7 Å². The Hall–Kier alpha value is -2.25. The van der Waals surface area contributed by atoms with Gasteiger partial charge in [0.15, 0.2) is 10.8 Å². The predicted octanol–water partition coefficient (Wildman–Crippen LogP) is 3.08. The topological polar surface area (TPSA) is 63.6 Å². The minimum Gasteiger partial charge on any atom is -0.466 e. The summed E-state index contributed by atoms with van der Waals surface area (Å²) < 4.78 is 18.5. The molecule has 0 spiro atoms. The van der Waals surface area contributed by atoms with Gasteiger partial charge in [-0.3, -0.25) is 4.99 Å². The molecule has 1 aliphatic heterocycles. The van der Waals surface area contributed by atoms with Gasteiger partial charge in [0, 0.05) is 23.3 Å². The summed E-state index contributed by atoms with van der Waals surface area (Å²) in [5.74, 6) is -0.652. The van der Waals surface area contributed by atoms with Crippen LogP contribution in [0.3, 0.4) is 0 Å². The van der Waals surface area contributed by atoms with Gasteiger partial charge < -0.3 is 10.1 Å². The molecule has 23 heavy (non-hydrogen) atoms. The van der Waals surface area contributed by atoms with E-state index in [1.807, 2.05) is 5.38 Å². The Bertz CT molecular complexity index is 805. The summed E-state index contributed by atoms with van der Waals surface area (Å²) >= 11 is 7.45. The van der Waals surface area contributed by atoms with E-state index in [0.29, 0.717) is 16.4 Å². The van der Waals surface area contributed by atoms with Gasteiger partial charge in [-0.15, -0.1) is 11.3 Å². The number of hydrogen-bond acceptors (Lipinski definition) is 6. The zero-order valence-electron chi connectivity index (χ0n) is 11.9. The van der Waals surface area contributed by atoms with Crippen molar-refractivity contribution in [2.75, 3.05) is 7.11 Å². The number of nitrogens with zero attached hydrogens (tertiary/aromatic N) is 2. The zero-order chi connectivity index (χ0) is 16.4. The molecule has 2 heterocycles. The number of ether oxygens (including phenoxy) is 1. The molecule has 0 saturated heterocycles. The van der Waals surface area contributed by atoms with Gasteiger partial charge in [-0.25, -0.2) is 14.2 Å². The molecule has 0 unspecified atom stereocenters. The summed E-state index contributed by atoms with van der Waals surface area (Å²) in [6.45, 7) is 0. The number of carbonyl (C=O) groups excluding carboxylic acids is 1. The second-order valence-corrected chi connectivity index (χ2v) is 5.87. The number of rotatable bonds is 3. The molecule has 1 N–H and O–H groups in total. The van der Waals surface area contributed by atoms with E-state index in [0.717, 1.165) is 0 Å². The van der Waals surface area contributed by atoms with Crippen LogP contribution in [0.15, 0.2) is 46.5 Å². The number of methoxy groups -OCH3 is 1. The molecular weight excluding hydrogens is 341 g/mol. The van der Waals surface area contributed by atoms with E-state index in [1.54, 1.807) is 12.3 Å². The molecule has 8 heteroatoms. The van der Waals surface area contributed by atoms with E-state index in [4.69, 9.17) is 16.3 Å². The Balaban J connectivity index is 2.09. The fourth-order valence-electron chi connectivity index (χ4n) is 2.18. The van der Waals surface area contributed by atoms with Crippen LogP contribution in [0.4, 0.5) is 4.39 Å². The normalized spacial score (nSPS) is 17.1. The SMILES string of the molecule is COC(=O)C1=CNC(c2nccs2)=N[C@H]1c1cccc(F)c1Cl. The molecule has 0 saturated carbocycles. The maximum absolute atomic E-state index is 13.8. The van der Waals surface area contributed by atoms with E-state index in [9.17, 15) is 9.18 Å². The van der Waals surface area contributed by atoms with E-state index >= 15 is 0 Å². The van der Waals surface area contributed by atoms with Gasteiger partial charge in [0.2, 0.25) is 0 Å². The van der Waals surface area contributed by atoms with Gasteiger partial charge in [-0.05, 0) is 6.07 Å². The molecule has 118 valence electrons. The molecular formula is C15H11ClFN3O2S. The van der Waals surface area contributed by atoms with Crippen molar-refractivity contribution < 1.29 is 13.9 Å². The highest BCUT2D eigenvalue weighted by Crippen LogP contribution is 2.35. The van der Waals surface area contributed by atoms with E-state index in [2.05, 4.69) is 15.3 Å². The van der Waals surface area contributed by atoms with Crippen LogP contribution in [0.1, 0.15) is 16.6 Å². The summed E-state index contributed by atoms with van der Waals surface area (Å²) in [7, 11) is 1.27. The fourth-order valence-corrected chi connectivity index (χ4v) is 3.00. The monoisotopic (exact) mass is 351 g/mol. The van der Waals surface area contributed by atoms with Crippen LogP contribution in [0.25, 0.3) is 0 Å². The molecule has 3 rings (SSSR count). The highest BCUT2D eigenvalue weighted by Gasteiger charge is 2.30. The second kappa shape index (κ2) is 6.47. The van der Waals surface area contributed by atoms with E-state index < -0.39 is 17.8 Å². The standard InChI is InChI=1S/C15H11ClFN3O2S/c1-22-15(21)9-7-19-13(14-18-5-6-23-14)20-12(9)8-3-2-4-10(17)11(8)16/h2-7,12H,1H3,(H,19,20)/t12-/m0/s1. The molecule has 1 aromatic carbocycles. The molecule has 0 radical (unpaired) electrons. The molecule has 5 nitrogen and oxygen atoms in total. The molecule has 0 fully saturated rings. The summed E-state index contributed by atoms with van der Waals surface area (Å²) in [4.78, 5) is 20.6. The highest BCUT2D eigenvalue weighted by molar-refractivity contribution is 7.11. The van der Waals surface area contributed by atoms with Gasteiger partial charge in [0.1, 0.15) is 11.9 Å². The predicted molar refractivity (Wildman–Crippen MR) is 86.0 cm³/mol. The van der Waals surface area contributed by atoms with Crippen LogP contribution in [-0.4, -0.2) is 23.9 Å². The van der Waals surface area contributed by atoms with Crippen molar-refractivity contribution in [2.45, 2.75) is 6.04 Å². The average molecular weight is 352 g/mol. The number of aromatic nitrogens is 1. The van der Waals surface area contributed by atoms with Crippen molar-refractivity contribution in [3.63, 3.8) is 0 Å². The smallest absolute Gasteiger partial charge is 0.337 e. The van der Waals surface area contributed by atoms with Crippen molar-refractivity contribution in [3.05, 3.63) is 63.0 Å². The highest BCUT2D eigenvalue weighted by atomic mass is 35.5. The van der Waals surface area contributed by atoms with E-state index in [1.165, 1.54) is 36.8 Å². The largest absolute Gasteiger partial charge is 0.466 e. The first kappa shape index (κ1) is 15.6. The summed E-state index contributed by atoms with van der Waals surface area (Å²) in [6.07, 6.45) is 3.13. The summed E-state index contributed by atoms with van der Waals surface area (Å²) in [6, 6.07) is 3.62. The maximum atomic E-state index is 13.8. The number of esters is 1. The van der Waals surface area contributed by atoms with Crippen LogP contribution in [-0.2, 0) is 9.53 Å². The van der Waals surface area contributed by atoms with Gasteiger partial charge in [-0.1, -0.05) is 23.7 Å². The Morgan fingerprint density at radius 1 is 1.48 bits per heavy atom. The molecule has 1 aliphatic rings. The lowest BCUT2D eigenvalue weighted by Crippen LogP contribution is -2.28. The quantitative estimate of drug-likeness (QED) is 0.863. The number of nitrogens with one attached hydrogen (secondary N) is 1. The summed E-state index contributed by atoms with van der Waals surface area (Å²) in [5, 5.41) is 5.31. The lowest BCUT2D eigenvalue weighted by molar-refractivity contribution is -0.136. The number of carbonyl (C=O) groups is 1. The van der Waals surface area contributed by atoms with E-state index in [-0.39, 0.29) is 10.6 Å². The van der Waals surface area contributed by atoms with Gasteiger partial charge >= 0.3 is 5.97 Å². The molecule has 0 aliphatic carbocycles. The third-order valence-corrected chi connectivity index (χ3v) is 4.43. The summed E-state index contributed by atoms with van der Waals surface area (Å²) in [5.41, 5.74) is 0.624. The van der Waals surface area contributed by atoms with Crippen LogP contribution in [0.2, 0.25) is 5.02 Å². The Labute approximate surface area is 140 Å². The molecule has 0 bridgehead atoms. The number of thiazole rings is 1. The number of hydrogen-bond donors (Lipinski definition) is 1. The number of amidine groups is 1. The Morgan fingerprint density at radius 3 is 3.00 bits per heavy atom. The fraction of sp³-hybridized carbons (Fsp3) is 0.133. The van der Waals surface area contributed by atoms with Crippen LogP contribution >= 0.6 is 22.9 Å². The van der Waals surface area contributed by atoms with Crippen molar-refractivity contribution in [1.82, 2.24) is 10.3 Å². The van der Waals surface area contributed by atoms with Crippen molar-refractivity contribution in [1.29, 1.82) is 0 Å². The van der Waals surface area contributed by atoms with Gasteiger partial charge in [-0.2, -0.15) is 0 Å². The lowest BCUT2D eigenvalue weighted by atomic mass is 9.98. The lowest BCUT2D eigenvalue weighted by Gasteiger charge is -2.22. The van der Waals surface area contributed by atoms with Crippen molar-refractivity contribution in [2.24, 2.45) is 4.99 Å². The van der Waals surface area contributed by atoms with Gasteiger partial charge in [0.25, 0.3) is 0 Å². The first-order valence-corrected chi connectivity index (χ1v) is 7.84. The molecule has 1 aromatic heterocycles. The first-order chi connectivity index (χ1) is 11.1. The third kappa shape index (κ3) is 2.97. The van der Waals surface area contributed by atoms with Crippen LogP contribution in [0.5, 0.6) is 0 Å². The zero-order valence-corrected chi connectivity index (χ0v) is 13.5. The first-order valence-electron chi connectivity index (χ1n) is 6.58. The minimum absolute atomic E-state index is 0.0727. The molecule has 0 amide bonds. The minimum atomic E-state index is -0.772. The number of halogens is 2. The van der Waals surface area contributed by atoms with Gasteiger partial charge in [0.05, 0.1) is 17.7 Å². The maximum Gasteiger partial charge on any atom is 0.337 e.